The van der Waals surface area contributed by atoms with Gasteiger partial charge in [0.05, 0.1) is 13.6 Å². The summed E-state index contributed by atoms with van der Waals surface area (Å²) in [7, 11) is 2.14. The van der Waals surface area contributed by atoms with Gasteiger partial charge in [0.25, 0.3) is 0 Å². The van der Waals surface area contributed by atoms with E-state index >= 15 is 0 Å². The number of hydrogen-bond donors (Lipinski definition) is 0. The number of benzene rings is 1. The minimum Gasteiger partial charge on any atom is -0.297 e. The SMILES string of the molecule is CC1(C)C[N+](C)(CC=O)c2ccccc21. The average molecular weight is 204 g/mol. The molecule has 0 spiro atoms. The Bertz CT molecular complexity index is 397. The van der Waals surface area contributed by atoms with Crippen molar-refractivity contribution < 1.29 is 4.79 Å². The standard InChI is InChI=1S/C13H18NO/c1-13(2)10-14(3,8-9-15)12-7-5-4-6-11(12)13/h4-7,9H,8,10H2,1-3H3/q+1. The maximum Gasteiger partial charge on any atom is 0.174 e. The van der Waals surface area contributed by atoms with Crippen LogP contribution in [0.2, 0.25) is 0 Å². The Morgan fingerprint density at radius 2 is 2.07 bits per heavy atom. The molecule has 0 bridgehead atoms. The summed E-state index contributed by atoms with van der Waals surface area (Å²) in [6.45, 7) is 6.08. The maximum atomic E-state index is 10.8. The molecule has 1 atom stereocenters. The molecule has 0 fully saturated rings. The molecule has 0 saturated heterocycles. The summed E-state index contributed by atoms with van der Waals surface area (Å²) >= 11 is 0. The lowest BCUT2D eigenvalue weighted by atomic mass is 9.87. The monoisotopic (exact) mass is 204 g/mol. The van der Waals surface area contributed by atoms with Crippen molar-refractivity contribution in [3.05, 3.63) is 29.8 Å². The highest BCUT2D eigenvalue weighted by atomic mass is 16.1. The summed E-state index contributed by atoms with van der Waals surface area (Å²) in [5.74, 6) is 0. The van der Waals surface area contributed by atoms with Gasteiger partial charge in [0.2, 0.25) is 0 Å². The van der Waals surface area contributed by atoms with Crippen molar-refractivity contribution >= 4 is 12.0 Å². The van der Waals surface area contributed by atoms with E-state index in [0.717, 1.165) is 17.3 Å². The molecule has 0 amide bonds. The number of para-hydroxylation sites is 1. The van der Waals surface area contributed by atoms with Gasteiger partial charge in [-0.2, -0.15) is 0 Å². The molecule has 0 aliphatic carbocycles. The zero-order valence-corrected chi connectivity index (χ0v) is 9.66. The highest BCUT2D eigenvalue weighted by Crippen LogP contribution is 2.43. The van der Waals surface area contributed by atoms with E-state index < -0.39 is 0 Å². The van der Waals surface area contributed by atoms with Crippen molar-refractivity contribution in [1.29, 1.82) is 0 Å². The van der Waals surface area contributed by atoms with Gasteiger partial charge in [-0.25, -0.2) is 0 Å². The molecular formula is C13H18NO+. The van der Waals surface area contributed by atoms with Gasteiger partial charge in [0, 0.05) is 11.0 Å². The quantitative estimate of drug-likeness (QED) is 0.532. The van der Waals surface area contributed by atoms with E-state index in [-0.39, 0.29) is 5.41 Å². The molecule has 1 unspecified atom stereocenters. The van der Waals surface area contributed by atoms with E-state index in [1.54, 1.807) is 0 Å². The van der Waals surface area contributed by atoms with E-state index in [2.05, 4.69) is 45.2 Å². The van der Waals surface area contributed by atoms with Crippen molar-refractivity contribution in [1.82, 2.24) is 4.48 Å². The lowest BCUT2D eigenvalue weighted by Gasteiger charge is -2.29. The molecule has 0 aromatic heterocycles. The molecular weight excluding hydrogens is 186 g/mol. The van der Waals surface area contributed by atoms with Crippen molar-refractivity contribution in [2.24, 2.45) is 0 Å². The van der Waals surface area contributed by atoms with Crippen molar-refractivity contribution in [2.75, 3.05) is 20.1 Å². The first-order valence-corrected chi connectivity index (χ1v) is 5.38. The van der Waals surface area contributed by atoms with Crippen LogP contribution in [0.3, 0.4) is 0 Å². The minimum absolute atomic E-state index is 0.175. The lowest BCUT2D eigenvalue weighted by Crippen LogP contribution is -2.47. The van der Waals surface area contributed by atoms with E-state index in [9.17, 15) is 4.79 Å². The van der Waals surface area contributed by atoms with Crippen LogP contribution in [-0.2, 0) is 10.2 Å². The van der Waals surface area contributed by atoms with Crippen LogP contribution in [0.4, 0.5) is 5.69 Å². The first-order valence-electron chi connectivity index (χ1n) is 5.38. The van der Waals surface area contributed by atoms with Crippen LogP contribution in [0, 0.1) is 0 Å². The average Bonchev–Trinajstić information content (AvgIpc) is 2.36. The molecule has 0 radical (unpaired) electrons. The lowest BCUT2D eigenvalue weighted by molar-refractivity contribution is -0.108. The maximum absolute atomic E-state index is 10.8. The zero-order valence-electron chi connectivity index (χ0n) is 9.66. The molecule has 2 rings (SSSR count). The minimum atomic E-state index is 0.175. The van der Waals surface area contributed by atoms with Gasteiger partial charge in [-0.3, -0.25) is 9.28 Å². The zero-order chi connectivity index (χ0) is 11.1. The van der Waals surface area contributed by atoms with Crippen LogP contribution in [0.25, 0.3) is 0 Å². The van der Waals surface area contributed by atoms with Crippen LogP contribution in [0.1, 0.15) is 19.4 Å². The Labute approximate surface area is 91.1 Å². The molecule has 1 aliphatic rings. The summed E-state index contributed by atoms with van der Waals surface area (Å²) in [5, 5.41) is 0. The Hall–Kier alpha value is -1.15. The molecule has 15 heavy (non-hydrogen) atoms. The number of aldehydes is 1. The number of quaternary nitrogens is 1. The van der Waals surface area contributed by atoms with E-state index in [4.69, 9.17) is 0 Å². The number of carbonyl (C=O) groups excluding carboxylic acids is 1. The predicted octanol–water partition coefficient (Wildman–Crippen LogP) is 2.11. The van der Waals surface area contributed by atoms with Gasteiger partial charge in [-0.15, -0.1) is 0 Å². The highest BCUT2D eigenvalue weighted by Gasteiger charge is 2.45. The van der Waals surface area contributed by atoms with Crippen molar-refractivity contribution in [2.45, 2.75) is 19.3 Å². The number of rotatable bonds is 2. The molecule has 1 heterocycles. The van der Waals surface area contributed by atoms with Crippen molar-refractivity contribution in [3.8, 4) is 0 Å². The summed E-state index contributed by atoms with van der Waals surface area (Å²) in [6.07, 6.45) is 1.03. The van der Waals surface area contributed by atoms with Crippen LogP contribution in [0.5, 0.6) is 0 Å². The number of nitrogens with zero attached hydrogens (tertiary/aromatic N) is 1. The van der Waals surface area contributed by atoms with E-state index in [0.29, 0.717) is 6.54 Å². The molecule has 1 aliphatic heterocycles. The van der Waals surface area contributed by atoms with Crippen LogP contribution >= 0.6 is 0 Å². The number of hydrogen-bond acceptors (Lipinski definition) is 1. The third kappa shape index (κ3) is 1.49. The summed E-state index contributed by atoms with van der Waals surface area (Å²) in [6, 6.07) is 8.47. The fourth-order valence-corrected chi connectivity index (χ4v) is 2.89. The fourth-order valence-electron chi connectivity index (χ4n) is 2.89. The fraction of sp³-hybridized carbons (Fsp3) is 0.462. The summed E-state index contributed by atoms with van der Waals surface area (Å²) in [5.41, 5.74) is 2.86. The van der Waals surface area contributed by atoms with E-state index in [1.807, 2.05) is 0 Å². The van der Waals surface area contributed by atoms with Gasteiger partial charge in [0.15, 0.2) is 6.29 Å². The smallest absolute Gasteiger partial charge is 0.174 e. The topological polar surface area (TPSA) is 17.1 Å². The second-order valence-electron chi connectivity index (χ2n) is 5.30. The first-order chi connectivity index (χ1) is 6.99. The Balaban J connectivity index is 2.55. The molecule has 0 saturated carbocycles. The summed E-state index contributed by atoms with van der Waals surface area (Å²) < 4.78 is 0.743. The van der Waals surface area contributed by atoms with Crippen LogP contribution in [-0.4, -0.2) is 26.4 Å². The molecule has 80 valence electrons. The first kappa shape index (κ1) is 10.4. The molecule has 1 aromatic carbocycles. The molecule has 2 nitrogen and oxygen atoms in total. The normalized spacial score (nSPS) is 27.4. The second kappa shape index (κ2) is 3.17. The highest BCUT2D eigenvalue weighted by molar-refractivity contribution is 5.65. The van der Waals surface area contributed by atoms with Crippen LogP contribution in [0.15, 0.2) is 24.3 Å². The molecule has 1 aromatic rings. The van der Waals surface area contributed by atoms with Crippen LogP contribution < -0.4 is 4.48 Å². The predicted molar refractivity (Wildman–Crippen MR) is 63.0 cm³/mol. The van der Waals surface area contributed by atoms with E-state index in [1.165, 1.54) is 11.3 Å². The number of fused-ring (bicyclic) bond motifs is 1. The van der Waals surface area contributed by atoms with Gasteiger partial charge in [0.1, 0.15) is 12.2 Å². The Morgan fingerprint density at radius 3 is 2.73 bits per heavy atom. The third-order valence-electron chi connectivity index (χ3n) is 3.44. The van der Waals surface area contributed by atoms with Gasteiger partial charge in [-0.1, -0.05) is 32.0 Å². The van der Waals surface area contributed by atoms with Gasteiger partial charge < -0.3 is 0 Å². The molecule has 2 heteroatoms. The molecule has 0 N–H and O–H groups in total. The largest absolute Gasteiger partial charge is 0.297 e. The Morgan fingerprint density at radius 1 is 1.40 bits per heavy atom. The number of likely N-dealkylation sites (N-methyl/N-ethyl adjacent to an activating group) is 1. The van der Waals surface area contributed by atoms with Crippen molar-refractivity contribution in [3.63, 3.8) is 0 Å². The third-order valence-corrected chi connectivity index (χ3v) is 3.44. The second-order valence-corrected chi connectivity index (χ2v) is 5.30. The number of carbonyl (C=O) groups is 1. The summed E-state index contributed by atoms with van der Waals surface area (Å²) in [4.78, 5) is 10.8. The van der Waals surface area contributed by atoms with Gasteiger partial charge in [-0.05, 0) is 6.07 Å². The van der Waals surface area contributed by atoms with Gasteiger partial charge >= 0.3 is 0 Å². The Kier molecular flexibility index (Phi) is 2.19.